The lowest BCUT2D eigenvalue weighted by molar-refractivity contribution is -0.384. The average molecular weight is 437 g/mol. The van der Waals surface area contributed by atoms with Gasteiger partial charge in [0.25, 0.3) is 11.6 Å². The Kier molecular flexibility index (Phi) is 5.09. The number of anilines is 2. The summed E-state index contributed by atoms with van der Waals surface area (Å²) in [5, 5.41) is 15.2. The highest BCUT2D eigenvalue weighted by Crippen LogP contribution is 2.36. The highest BCUT2D eigenvalue weighted by molar-refractivity contribution is 7.22. The van der Waals surface area contributed by atoms with E-state index in [0.29, 0.717) is 26.4 Å². The standard InChI is InChI=1S/C18H14Cl2N4O3S/c19-11-4-6-14-16(15(11)20)21-18(28-14)22-17(25)10-3-5-12(13(9-10)24(26)27)23-7-1-2-8-23/h3-6,9H,1-2,7-8H2,(H,21,22,25). The minimum Gasteiger partial charge on any atom is -0.366 e. The SMILES string of the molecule is O=C(Nc1nc2c(Cl)c(Cl)ccc2s1)c1ccc(N2CCCC2)c([N+](=O)[O-])c1. The number of nitro groups is 1. The molecule has 7 nitrogen and oxygen atoms in total. The Labute approximate surface area is 174 Å². The number of nitrogens with one attached hydrogen (secondary N) is 1. The quantitative estimate of drug-likeness (QED) is 0.438. The molecule has 4 rings (SSSR count). The molecule has 0 atom stereocenters. The maximum atomic E-state index is 12.6. The van der Waals surface area contributed by atoms with Crippen LogP contribution >= 0.6 is 34.5 Å². The third-order valence-electron chi connectivity index (χ3n) is 4.55. The van der Waals surface area contributed by atoms with E-state index in [-0.39, 0.29) is 11.3 Å². The van der Waals surface area contributed by atoms with Crippen LogP contribution in [0.4, 0.5) is 16.5 Å². The highest BCUT2D eigenvalue weighted by Gasteiger charge is 2.24. The van der Waals surface area contributed by atoms with E-state index in [9.17, 15) is 14.9 Å². The molecule has 2 heterocycles. The van der Waals surface area contributed by atoms with Crippen molar-refractivity contribution >= 4 is 67.2 Å². The third kappa shape index (κ3) is 3.50. The van der Waals surface area contributed by atoms with E-state index in [2.05, 4.69) is 10.3 Å². The normalized spacial score (nSPS) is 13.9. The van der Waals surface area contributed by atoms with Gasteiger partial charge in [-0.3, -0.25) is 20.2 Å². The van der Waals surface area contributed by atoms with Gasteiger partial charge in [-0.2, -0.15) is 0 Å². The predicted octanol–water partition coefficient (Wildman–Crippen LogP) is 5.36. The van der Waals surface area contributed by atoms with Gasteiger partial charge in [-0.25, -0.2) is 4.98 Å². The average Bonchev–Trinajstić information content (AvgIpc) is 3.34. The summed E-state index contributed by atoms with van der Waals surface area (Å²) in [6.45, 7) is 1.56. The molecule has 0 aliphatic carbocycles. The Balaban J connectivity index is 1.62. The largest absolute Gasteiger partial charge is 0.366 e. The summed E-state index contributed by atoms with van der Waals surface area (Å²) in [7, 11) is 0. The van der Waals surface area contributed by atoms with Crippen LogP contribution in [-0.4, -0.2) is 28.9 Å². The van der Waals surface area contributed by atoms with Crippen LogP contribution in [0.25, 0.3) is 10.2 Å². The van der Waals surface area contributed by atoms with E-state index in [4.69, 9.17) is 23.2 Å². The molecule has 1 aromatic heterocycles. The van der Waals surface area contributed by atoms with E-state index in [0.717, 1.165) is 30.6 Å². The fraction of sp³-hybridized carbons (Fsp3) is 0.222. The molecule has 0 radical (unpaired) electrons. The van der Waals surface area contributed by atoms with E-state index in [1.54, 1.807) is 24.3 Å². The summed E-state index contributed by atoms with van der Waals surface area (Å²) in [6, 6.07) is 7.96. The number of nitrogens with zero attached hydrogens (tertiary/aromatic N) is 3. The topological polar surface area (TPSA) is 88.4 Å². The van der Waals surface area contributed by atoms with Crippen molar-refractivity contribution in [3.05, 3.63) is 56.1 Å². The molecule has 1 aliphatic heterocycles. The number of halogens is 2. The van der Waals surface area contributed by atoms with Crippen LogP contribution in [0, 0.1) is 10.1 Å². The van der Waals surface area contributed by atoms with Crippen molar-refractivity contribution < 1.29 is 9.72 Å². The molecule has 0 unspecified atom stereocenters. The van der Waals surface area contributed by atoms with Gasteiger partial charge < -0.3 is 4.90 Å². The smallest absolute Gasteiger partial charge is 0.293 e. The van der Waals surface area contributed by atoms with Crippen LogP contribution in [0.1, 0.15) is 23.2 Å². The second-order valence-corrected chi connectivity index (χ2v) is 8.15. The van der Waals surface area contributed by atoms with Gasteiger partial charge in [-0.1, -0.05) is 34.5 Å². The lowest BCUT2D eigenvalue weighted by atomic mass is 10.1. The zero-order valence-electron chi connectivity index (χ0n) is 14.4. The third-order valence-corrected chi connectivity index (χ3v) is 6.28. The number of amides is 1. The van der Waals surface area contributed by atoms with Crippen molar-refractivity contribution in [1.29, 1.82) is 0 Å². The van der Waals surface area contributed by atoms with E-state index >= 15 is 0 Å². The van der Waals surface area contributed by atoms with Crippen molar-refractivity contribution in [2.75, 3.05) is 23.3 Å². The zero-order chi connectivity index (χ0) is 19.8. The van der Waals surface area contributed by atoms with Gasteiger partial charge in [0, 0.05) is 24.7 Å². The summed E-state index contributed by atoms with van der Waals surface area (Å²) >= 11 is 13.4. The van der Waals surface area contributed by atoms with E-state index in [1.807, 2.05) is 4.90 Å². The first-order chi connectivity index (χ1) is 13.4. The monoisotopic (exact) mass is 436 g/mol. The molecule has 1 fully saturated rings. The van der Waals surface area contributed by atoms with Gasteiger partial charge in [-0.15, -0.1) is 0 Å². The molecule has 28 heavy (non-hydrogen) atoms. The van der Waals surface area contributed by atoms with Crippen LogP contribution in [0.3, 0.4) is 0 Å². The van der Waals surface area contributed by atoms with Gasteiger partial charge >= 0.3 is 0 Å². The number of carbonyl (C=O) groups excluding carboxylic acids is 1. The van der Waals surface area contributed by atoms with Gasteiger partial charge in [0.2, 0.25) is 0 Å². The summed E-state index contributed by atoms with van der Waals surface area (Å²) < 4.78 is 0.778. The molecule has 1 aliphatic rings. The van der Waals surface area contributed by atoms with E-state index < -0.39 is 10.8 Å². The number of rotatable bonds is 4. The number of hydrogen-bond acceptors (Lipinski definition) is 6. The molecule has 0 spiro atoms. The molecule has 10 heteroatoms. The summed E-state index contributed by atoms with van der Waals surface area (Å²) in [4.78, 5) is 29.9. The fourth-order valence-corrected chi connectivity index (χ4v) is 4.48. The Hall–Kier alpha value is -2.42. The molecule has 1 amide bonds. The van der Waals surface area contributed by atoms with Gasteiger partial charge in [0.05, 0.1) is 19.7 Å². The van der Waals surface area contributed by atoms with Crippen LogP contribution in [-0.2, 0) is 0 Å². The van der Waals surface area contributed by atoms with Crippen LogP contribution < -0.4 is 10.2 Å². The van der Waals surface area contributed by atoms with Crippen LogP contribution in [0.2, 0.25) is 10.0 Å². The second kappa shape index (κ2) is 7.54. The minimum absolute atomic E-state index is 0.0753. The number of nitro benzene ring substituents is 1. The molecule has 1 saturated heterocycles. The summed E-state index contributed by atoms with van der Waals surface area (Å²) in [6.07, 6.45) is 2.01. The van der Waals surface area contributed by atoms with Crippen molar-refractivity contribution in [3.8, 4) is 0 Å². The first-order valence-corrected chi connectivity index (χ1v) is 10.1. The molecule has 2 aromatic carbocycles. The molecule has 0 saturated carbocycles. The van der Waals surface area contributed by atoms with Gasteiger partial charge in [-0.05, 0) is 37.1 Å². The number of benzene rings is 2. The molecule has 144 valence electrons. The van der Waals surface area contributed by atoms with E-state index in [1.165, 1.54) is 17.4 Å². The number of fused-ring (bicyclic) bond motifs is 1. The second-order valence-electron chi connectivity index (χ2n) is 6.34. The fourth-order valence-electron chi connectivity index (χ4n) is 3.20. The number of thiazole rings is 1. The Morgan fingerprint density at radius 1 is 1.21 bits per heavy atom. The molecule has 0 bridgehead atoms. The van der Waals surface area contributed by atoms with Crippen molar-refractivity contribution in [1.82, 2.24) is 4.98 Å². The zero-order valence-corrected chi connectivity index (χ0v) is 16.8. The maximum Gasteiger partial charge on any atom is 0.293 e. The number of carbonyl (C=O) groups is 1. The summed E-state index contributed by atoms with van der Waals surface area (Å²) in [5.41, 5.74) is 1.16. The highest BCUT2D eigenvalue weighted by atomic mass is 35.5. The Morgan fingerprint density at radius 2 is 1.96 bits per heavy atom. The molecular formula is C18H14Cl2N4O3S. The van der Waals surface area contributed by atoms with Crippen molar-refractivity contribution in [2.45, 2.75) is 12.8 Å². The van der Waals surface area contributed by atoms with Gasteiger partial charge in [0.15, 0.2) is 5.13 Å². The number of aromatic nitrogens is 1. The minimum atomic E-state index is -0.475. The lowest BCUT2D eigenvalue weighted by Crippen LogP contribution is -2.19. The van der Waals surface area contributed by atoms with Crippen LogP contribution in [0.5, 0.6) is 0 Å². The first-order valence-electron chi connectivity index (χ1n) is 8.53. The lowest BCUT2D eigenvalue weighted by Gasteiger charge is -2.17. The Morgan fingerprint density at radius 3 is 2.68 bits per heavy atom. The van der Waals surface area contributed by atoms with Crippen LogP contribution in [0.15, 0.2) is 30.3 Å². The van der Waals surface area contributed by atoms with Crippen molar-refractivity contribution in [3.63, 3.8) is 0 Å². The summed E-state index contributed by atoms with van der Waals surface area (Å²) in [5.74, 6) is -0.475. The first kappa shape index (κ1) is 18.9. The maximum absolute atomic E-state index is 12.6. The molecular weight excluding hydrogens is 423 g/mol. The Bertz CT molecular complexity index is 1100. The van der Waals surface area contributed by atoms with Crippen molar-refractivity contribution in [2.24, 2.45) is 0 Å². The van der Waals surface area contributed by atoms with Gasteiger partial charge in [0.1, 0.15) is 11.2 Å². The molecule has 1 N–H and O–H groups in total. The predicted molar refractivity (Wildman–Crippen MR) is 112 cm³/mol. The number of hydrogen-bond donors (Lipinski definition) is 1. The molecule has 3 aromatic rings.